The molecule has 0 bridgehead atoms. The van der Waals surface area contributed by atoms with Crippen LogP contribution in [0.3, 0.4) is 0 Å². The van der Waals surface area contributed by atoms with Crippen molar-refractivity contribution in [1.82, 2.24) is 4.90 Å². The third kappa shape index (κ3) is 13.8. The van der Waals surface area contributed by atoms with Crippen LogP contribution in [0.25, 0.3) is 0 Å². The fourth-order valence-corrected chi connectivity index (χ4v) is 8.45. The van der Waals surface area contributed by atoms with E-state index in [1.165, 1.54) is 0 Å². The molecule has 0 saturated heterocycles. The molecule has 0 aliphatic rings. The molecule has 0 aromatic rings. The summed E-state index contributed by atoms with van der Waals surface area (Å²) in [4.78, 5) is 2.49. The number of rotatable bonds is 23. The van der Waals surface area contributed by atoms with Crippen molar-refractivity contribution in [2.75, 3.05) is 84.4 Å². The average Bonchev–Trinajstić information content (AvgIpc) is 2.81. The molecule has 0 radical (unpaired) electrons. The summed E-state index contributed by atoms with van der Waals surface area (Å²) in [5.41, 5.74) is 0. The van der Waals surface area contributed by atoms with E-state index >= 15 is 0 Å². The molecule has 31 heavy (non-hydrogen) atoms. The largest absolute Gasteiger partial charge is 0.383 e. The molecule has 0 fully saturated rings. The van der Waals surface area contributed by atoms with Gasteiger partial charge in [0.1, 0.15) is 24.6 Å². The molecule has 0 aliphatic heterocycles. The van der Waals surface area contributed by atoms with Crippen molar-refractivity contribution in [3.05, 3.63) is 0 Å². The van der Waals surface area contributed by atoms with Crippen LogP contribution in [0, 0.1) is 0 Å². The summed E-state index contributed by atoms with van der Waals surface area (Å²) in [5, 5.41) is 0. The first-order chi connectivity index (χ1) is 15.0. The molecule has 0 heterocycles. The molecule has 0 spiro atoms. The van der Waals surface area contributed by atoms with Crippen molar-refractivity contribution in [3.8, 4) is 0 Å². The molecule has 0 aromatic carbocycles. The summed E-state index contributed by atoms with van der Waals surface area (Å²) < 4.78 is 30.8. The summed E-state index contributed by atoms with van der Waals surface area (Å²) in [6.45, 7) is 19.8. The van der Waals surface area contributed by atoms with Crippen LogP contribution < -0.4 is 0 Å². The van der Waals surface area contributed by atoms with Crippen LogP contribution >= 0.6 is 15.4 Å². The van der Waals surface area contributed by atoms with Gasteiger partial charge in [0.2, 0.25) is 0 Å². The standard InChI is InChI=1S/C23H53NO5P2/c1-8-17-26-30(12-5,27-18-9-2)22-15-24(14-21-25-7)16-23-31(13-6,28-19-10-3)29-20-11-4/h8-23H2,1-7H3/q+2. The summed E-state index contributed by atoms with van der Waals surface area (Å²) in [6, 6.07) is 0. The van der Waals surface area contributed by atoms with Gasteiger partial charge >= 0.3 is 0 Å². The predicted molar refractivity (Wildman–Crippen MR) is 138 cm³/mol. The van der Waals surface area contributed by atoms with Gasteiger partial charge < -0.3 is 4.74 Å². The van der Waals surface area contributed by atoms with Gasteiger partial charge in [0.15, 0.2) is 0 Å². The molecule has 0 atom stereocenters. The Balaban J connectivity index is 5.17. The molecule has 0 amide bonds. The van der Waals surface area contributed by atoms with E-state index < -0.39 is 15.4 Å². The Morgan fingerprint density at radius 3 is 1.13 bits per heavy atom. The lowest BCUT2D eigenvalue weighted by Crippen LogP contribution is -2.35. The molecular formula is C23H53NO5P2+2. The van der Waals surface area contributed by atoms with Crippen LogP contribution in [0.5, 0.6) is 0 Å². The molecule has 6 nitrogen and oxygen atoms in total. The van der Waals surface area contributed by atoms with Crippen LogP contribution in [0.1, 0.15) is 67.2 Å². The zero-order valence-electron chi connectivity index (χ0n) is 21.7. The lowest BCUT2D eigenvalue weighted by molar-refractivity contribution is 0.150. The Bertz CT molecular complexity index is 356. The van der Waals surface area contributed by atoms with Crippen molar-refractivity contribution < 1.29 is 22.8 Å². The SMILES string of the molecule is CCCO[P+](CC)(CCN(CCOC)CC[P+](CC)(OCCC)OCCC)OCCC. The average molecular weight is 486 g/mol. The second kappa shape index (κ2) is 20.0. The monoisotopic (exact) mass is 485 g/mol. The molecule has 0 aliphatic carbocycles. The van der Waals surface area contributed by atoms with E-state index in [2.05, 4.69) is 46.4 Å². The van der Waals surface area contributed by atoms with Gasteiger partial charge in [-0.05, 0) is 39.5 Å². The van der Waals surface area contributed by atoms with Crippen molar-refractivity contribution >= 4 is 15.4 Å². The molecule has 0 unspecified atom stereocenters. The fraction of sp³-hybridized carbons (Fsp3) is 1.00. The number of hydrogen-bond donors (Lipinski definition) is 0. The van der Waals surface area contributed by atoms with Crippen LogP contribution in [0.2, 0.25) is 0 Å². The van der Waals surface area contributed by atoms with Gasteiger partial charge in [0, 0.05) is 26.7 Å². The smallest absolute Gasteiger partial charge is 0.276 e. The van der Waals surface area contributed by atoms with Gasteiger partial charge in [0.25, 0.3) is 15.4 Å². The number of hydrogen-bond acceptors (Lipinski definition) is 6. The lowest BCUT2D eigenvalue weighted by Gasteiger charge is -2.29. The highest BCUT2D eigenvalue weighted by Gasteiger charge is 2.42. The van der Waals surface area contributed by atoms with E-state index in [-0.39, 0.29) is 0 Å². The molecule has 0 aromatic heterocycles. The Morgan fingerprint density at radius 1 is 0.516 bits per heavy atom. The van der Waals surface area contributed by atoms with E-state index in [1.807, 2.05) is 0 Å². The van der Waals surface area contributed by atoms with E-state index in [0.717, 1.165) is 103 Å². The first-order valence-electron chi connectivity index (χ1n) is 12.5. The molecule has 0 rings (SSSR count). The first-order valence-corrected chi connectivity index (χ1v) is 16.5. The lowest BCUT2D eigenvalue weighted by atomic mass is 10.5. The predicted octanol–water partition coefficient (Wildman–Crippen LogP) is 6.38. The third-order valence-electron chi connectivity index (χ3n) is 5.21. The van der Waals surface area contributed by atoms with Crippen LogP contribution in [0.15, 0.2) is 0 Å². The number of ether oxygens (including phenoxy) is 1. The maximum absolute atomic E-state index is 6.35. The third-order valence-corrected chi connectivity index (χ3v) is 11.5. The molecule has 188 valence electrons. The molecular weight excluding hydrogens is 432 g/mol. The highest BCUT2D eigenvalue weighted by atomic mass is 31.2. The van der Waals surface area contributed by atoms with Crippen LogP contribution in [-0.2, 0) is 22.8 Å². The maximum atomic E-state index is 6.35. The quantitative estimate of drug-likeness (QED) is 0.157. The second-order valence-corrected chi connectivity index (χ2v) is 14.3. The van der Waals surface area contributed by atoms with Gasteiger partial charge in [-0.3, -0.25) is 4.90 Å². The second-order valence-electron chi connectivity index (χ2n) is 7.88. The zero-order chi connectivity index (χ0) is 23.4. The Hall–Kier alpha value is 0.620. The van der Waals surface area contributed by atoms with Crippen molar-refractivity contribution in [2.45, 2.75) is 67.2 Å². The summed E-state index contributed by atoms with van der Waals surface area (Å²) in [5.74, 6) is 0. The van der Waals surface area contributed by atoms with Crippen molar-refractivity contribution in [1.29, 1.82) is 0 Å². The highest BCUT2D eigenvalue weighted by Crippen LogP contribution is 2.62. The van der Waals surface area contributed by atoms with Gasteiger partial charge in [-0.1, -0.05) is 27.7 Å². The summed E-state index contributed by atoms with van der Waals surface area (Å²) >= 11 is 0. The zero-order valence-corrected chi connectivity index (χ0v) is 23.5. The van der Waals surface area contributed by atoms with Gasteiger partial charge in [0.05, 0.1) is 33.0 Å². The minimum Gasteiger partial charge on any atom is -0.383 e. The Kier molecular flexibility index (Phi) is 20.4. The van der Waals surface area contributed by atoms with Gasteiger partial charge in [-0.25, -0.2) is 18.1 Å². The topological polar surface area (TPSA) is 49.4 Å². The first kappa shape index (κ1) is 31.6. The number of methoxy groups -OCH3 is 1. The molecule has 0 N–H and O–H groups in total. The van der Waals surface area contributed by atoms with Gasteiger partial charge in [-0.2, -0.15) is 0 Å². The van der Waals surface area contributed by atoms with Gasteiger partial charge in [-0.15, -0.1) is 0 Å². The van der Waals surface area contributed by atoms with E-state index in [0.29, 0.717) is 0 Å². The van der Waals surface area contributed by atoms with Crippen LogP contribution in [0.4, 0.5) is 0 Å². The van der Waals surface area contributed by atoms with Crippen molar-refractivity contribution in [3.63, 3.8) is 0 Å². The fourth-order valence-electron chi connectivity index (χ4n) is 3.19. The van der Waals surface area contributed by atoms with E-state index in [1.54, 1.807) is 7.11 Å². The van der Waals surface area contributed by atoms with Crippen molar-refractivity contribution in [2.24, 2.45) is 0 Å². The Morgan fingerprint density at radius 2 is 0.871 bits per heavy atom. The Labute approximate surface area is 195 Å². The molecule has 8 heteroatoms. The van der Waals surface area contributed by atoms with Crippen LogP contribution in [-0.4, -0.2) is 89.3 Å². The molecule has 0 saturated carbocycles. The normalized spacial score (nSPS) is 12.8. The maximum Gasteiger partial charge on any atom is 0.276 e. The summed E-state index contributed by atoms with van der Waals surface area (Å²) in [6.07, 6.45) is 7.98. The van der Waals surface area contributed by atoms with E-state index in [9.17, 15) is 0 Å². The minimum atomic E-state index is -1.84. The number of nitrogens with zero attached hydrogens (tertiary/aromatic N) is 1. The minimum absolute atomic E-state index is 0.729. The summed E-state index contributed by atoms with van der Waals surface area (Å²) in [7, 11) is -1.90. The highest BCUT2D eigenvalue weighted by molar-refractivity contribution is 7.66. The van der Waals surface area contributed by atoms with E-state index in [4.69, 9.17) is 22.8 Å².